The van der Waals surface area contributed by atoms with Crippen LogP contribution in [0.15, 0.2) is 71.7 Å². The first-order chi connectivity index (χ1) is 19.2. The van der Waals surface area contributed by atoms with Crippen LogP contribution >= 0.6 is 0 Å². The highest BCUT2D eigenvalue weighted by Gasteiger charge is 2.68. The molecule has 3 heterocycles. The van der Waals surface area contributed by atoms with E-state index in [0.717, 1.165) is 4.57 Å². The van der Waals surface area contributed by atoms with Gasteiger partial charge in [0.1, 0.15) is 36.1 Å². The van der Waals surface area contributed by atoms with Gasteiger partial charge in [-0.15, -0.1) is 0 Å². The fourth-order valence-electron chi connectivity index (χ4n) is 5.68. The Bertz CT molecular complexity index is 1410. The molecule has 2 saturated heterocycles. The third-order valence-corrected chi connectivity index (χ3v) is 7.86. The summed E-state index contributed by atoms with van der Waals surface area (Å²) in [7, 11) is 1.40. The van der Waals surface area contributed by atoms with Crippen molar-refractivity contribution >= 4 is 17.5 Å². The van der Waals surface area contributed by atoms with Crippen LogP contribution < -0.4 is 16.3 Å². The summed E-state index contributed by atoms with van der Waals surface area (Å²) in [6.07, 6.45) is -2.72. The topological polar surface area (TPSA) is 149 Å². The lowest BCUT2D eigenvalue weighted by Crippen LogP contribution is -2.68. The molecule has 0 radical (unpaired) electrons. The number of nitrogen functional groups attached to an aromatic ring is 1. The van der Waals surface area contributed by atoms with Crippen LogP contribution in [0.4, 0.5) is 15.9 Å². The van der Waals surface area contributed by atoms with Crippen LogP contribution in [0.5, 0.6) is 0 Å². The van der Waals surface area contributed by atoms with E-state index in [4.69, 9.17) is 19.9 Å². The maximum Gasteiger partial charge on any atom is 0.351 e. The third-order valence-electron chi connectivity index (χ3n) is 7.86. The summed E-state index contributed by atoms with van der Waals surface area (Å²) < 4.78 is 32.9. The van der Waals surface area contributed by atoms with E-state index in [0.29, 0.717) is 11.3 Å². The van der Waals surface area contributed by atoms with E-state index in [1.807, 2.05) is 4.90 Å². The number of carbonyl (C=O) groups excluding carboxylic acids is 1. The summed E-state index contributed by atoms with van der Waals surface area (Å²) in [5.74, 6) is -1.06. The monoisotopic (exact) mass is 554 g/mol. The van der Waals surface area contributed by atoms with Crippen LogP contribution in [-0.2, 0) is 14.2 Å². The quantitative estimate of drug-likeness (QED) is 0.367. The number of aliphatic hydroxyl groups excluding tert-OH is 1. The summed E-state index contributed by atoms with van der Waals surface area (Å²) in [5, 5.41) is 23.9. The minimum Gasteiger partial charge on any atom is -0.459 e. The molecule has 40 heavy (non-hydrogen) atoms. The largest absolute Gasteiger partial charge is 0.459 e. The van der Waals surface area contributed by atoms with Crippen molar-refractivity contribution in [3.63, 3.8) is 0 Å². The molecule has 2 aliphatic rings. The molecule has 0 spiro atoms. The van der Waals surface area contributed by atoms with Crippen LogP contribution in [-0.4, -0.2) is 75.9 Å². The van der Waals surface area contributed by atoms with Crippen molar-refractivity contribution in [3.8, 4) is 0 Å². The van der Waals surface area contributed by atoms with Crippen LogP contribution in [0.1, 0.15) is 29.4 Å². The van der Waals surface area contributed by atoms with Gasteiger partial charge in [0.15, 0.2) is 11.8 Å². The second-order valence-corrected chi connectivity index (χ2v) is 9.94. The number of nitrogens with two attached hydrogens (primary N) is 1. The highest BCUT2D eigenvalue weighted by Crippen LogP contribution is 2.50. The first-order valence-electron chi connectivity index (χ1n) is 12.9. The summed E-state index contributed by atoms with van der Waals surface area (Å²) in [5.41, 5.74) is 1.93. The van der Waals surface area contributed by atoms with Gasteiger partial charge in [-0.1, -0.05) is 30.3 Å². The van der Waals surface area contributed by atoms with E-state index in [1.165, 1.54) is 25.4 Å². The number of rotatable bonds is 7. The van der Waals surface area contributed by atoms with E-state index >= 15 is 0 Å². The minimum atomic E-state index is -2.20. The lowest BCUT2D eigenvalue weighted by Gasteiger charge is -2.51. The molecular formula is C28H31FN4O7. The Morgan fingerprint density at radius 1 is 1.15 bits per heavy atom. The first kappa shape index (κ1) is 27.7. The zero-order chi connectivity index (χ0) is 28.5. The number of carbonyl (C=O) groups is 1. The summed E-state index contributed by atoms with van der Waals surface area (Å²) in [6.45, 7) is 0.143. The van der Waals surface area contributed by atoms with Gasteiger partial charge < -0.3 is 35.1 Å². The van der Waals surface area contributed by atoms with Gasteiger partial charge in [-0.25, -0.2) is 14.0 Å². The molecule has 212 valence electrons. The van der Waals surface area contributed by atoms with Crippen molar-refractivity contribution in [1.82, 2.24) is 9.55 Å². The molecule has 0 aliphatic carbocycles. The van der Waals surface area contributed by atoms with E-state index in [2.05, 4.69) is 4.98 Å². The van der Waals surface area contributed by atoms with E-state index < -0.39 is 47.9 Å². The molecule has 11 nitrogen and oxygen atoms in total. The molecule has 4 atom stereocenters. The molecular weight excluding hydrogens is 523 g/mol. The molecule has 2 aliphatic heterocycles. The maximum absolute atomic E-state index is 14.5. The molecule has 12 heteroatoms. The number of methoxy groups -OCH3 is 1. The number of benzene rings is 2. The predicted molar refractivity (Wildman–Crippen MR) is 142 cm³/mol. The van der Waals surface area contributed by atoms with Crippen molar-refractivity contribution in [2.45, 2.75) is 42.5 Å². The number of para-hydroxylation sites is 1. The lowest BCUT2D eigenvalue weighted by atomic mass is 9.71. The molecule has 3 aromatic rings. The summed E-state index contributed by atoms with van der Waals surface area (Å²) >= 11 is 0. The fourth-order valence-corrected chi connectivity index (χ4v) is 5.68. The van der Waals surface area contributed by atoms with Crippen LogP contribution in [0.3, 0.4) is 0 Å². The van der Waals surface area contributed by atoms with Crippen molar-refractivity contribution in [1.29, 1.82) is 0 Å². The highest BCUT2D eigenvalue weighted by atomic mass is 19.1. The summed E-state index contributed by atoms with van der Waals surface area (Å²) in [4.78, 5) is 31.0. The number of hydrogen-bond acceptors (Lipinski definition) is 10. The number of esters is 1. The van der Waals surface area contributed by atoms with Gasteiger partial charge in [-0.05, 0) is 43.2 Å². The number of halogens is 1. The molecule has 4 N–H and O–H groups in total. The Kier molecular flexibility index (Phi) is 7.60. The highest BCUT2D eigenvalue weighted by molar-refractivity contribution is 5.89. The fraction of sp³-hybridized carbons (Fsp3) is 0.393. The van der Waals surface area contributed by atoms with Gasteiger partial charge in [0.25, 0.3) is 0 Å². The minimum absolute atomic E-state index is 0.0312. The smallest absolute Gasteiger partial charge is 0.351 e. The molecule has 5 rings (SSSR count). The number of nitrogens with zero attached hydrogens (tertiary/aromatic N) is 3. The van der Waals surface area contributed by atoms with E-state index in [-0.39, 0.29) is 37.6 Å². The zero-order valence-electron chi connectivity index (χ0n) is 21.9. The zero-order valence-corrected chi connectivity index (χ0v) is 21.9. The van der Waals surface area contributed by atoms with Crippen molar-refractivity contribution in [2.75, 3.05) is 37.4 Å². The Hall–Kier alpha value is -3.84. The SMILES string of the molecule is COC1([C@@]2(O)[C@H](O)[C@@H](COC(=O)c3ccccc3)O[C@H]2n2ccc(N)nc2=O)CCN(c2ccccc2F)CC1. The standard InChI is InChI=1S/C28H31FN4O7/c1-38-27(12-15-32(16-13-27)20-10-6-5-9-19(20)29)28(37)23(34)21(17-39-24(35)18-7-3-2-4-8-18)40-25(28)33-14-11-22(30)31-26(33)36/h2-11,14,21,23,25,34,37H,12-13,15-17H2,1H3,(H2,30,31,36)/t21-,23-,25-,28-/m1/s1. The van der Waals surface area contributed by atoms with Crippen LogP contribution in [0, 0.1) is 5.82 Å². The van der Waals surface area contributed by atoms with Gasteiger partial charge in [0.05, 0.1) is 11.3 Å². The van der Waals surface area contributed by atoms with E-state index in [9.17, 15) is 24.2 Å². The molecule has 0 unspecified atom stereocenters. The molecule has 1 aromatic heterocycles. The van der Waals surface area contributed by atoms with Crippen LogP contribution in [0.2, 0.25) is 0 Å². The van der Waals surface area contributed by atoms with Gasteiger partial charge in [-0.3, -0.25) is 4.57 Å². The first-order valence-corrected chi connectivity index (χ1v) is 12.9. The lowest BCUT2D eigenvalue weighted by molar-refractivity contribution is -0.241. The van der Waals surface area contributed by atoms with Gasteiger partial charge in [-0.2, -0.15) is 4.98 Å². The normalized spacial score (nSPS) is 26.0. The number of piperidine rings is 1. The molecule has 0 saturated carbocycles. The van der Waals surface area contributed by atoms with Gasteiger partial charge >= 0.3 is 11.7 Å². The molecule has 0 amide bonds. The number of anilines is 2. The number of aliphatic hydroxyl groups is 2. The second kappa shape index (κ2) is 11.0. The van der Waals surface area contributed by atoms with Gasteiger partial charge in [0.2, 0.25) is 0 Å². The Morgan fingerprint density at radius 3 is 2.48 bits per heavy atom. The number of ether oxygens (including phenoxy) is 3. The van der Waals surface area contributed by atoms with Crippen molar-refractivity contribution in [2.24, 2.45) is 0 Å². The summed E-state index contributed by atoms with van der Waals surface area (Å²) in [6, 6.07) is 16.0. The van der Waals surface area contributed by atoms with Crippen molar-refractivity contribution < 1.29 is 33.6 Å². The van der Waals surface area contributed by atoms with E-state index in [1.54, 1.807) is 48.5 Å². The molecule has 2 aromatic carbocycles. The Balaban J connectivity index is 1.46. The molecule has 0 bridgehead atoms. The Morgan fingerprint density at radius 2 is 1.82 bits per heavy atom. The van der Waals surface area contributed by atoms with Crippen LogP contribution in [0.25, 0.3) is 0 Å². The van der Waals surface area contributed by atoms with Gasteiger partial charge in [0, 0.05) is 26.4 Å². The Labute approximate surface area is 229 Å². The predicted octanol–water partition coefficient (Wildman–Crippen LogP) is 1.50. The number of hydrogen-bond donors (Lipinski definition) is 3. The molecule has 2 fully saturated rings. The van der Waals surface area contributed by atoms with Crippen molar-refractivity contribution in [3.05, 3.63) is 88.7 Å². The average molecular weight is 555 g/mol. The maximum atomic E-state index is 14.5. The second-order valence-electron chi connectivity index (χ2n) is 9.94. The number of aromatic nitrogens is 2. The average Bonchev–Trinajstić information content (AvgIpc) is 3.23. The third kappa shape index (κ3) is 4.73.